The SMILES string of the molecule is C=CC(=O)Oc1ccc(C(C)(C)c2ccc(C)cc2)cc1. The van der Waals surface area contributed by atoms with Gasteiger partial charge < -0.3 is 4.74 Å². The Labute approximate surface area is 126 Å². The van der Waals surface area contributed by atoms with Crippen molar-refractivity contribution >= 4 is 5.97 Å². The Kier molecular flexibility index (Phi) is 4.27. The summed E-state index contributed by atoms with van der Waals surface area (Å²) in [7, 11) is 0. The smallest absolute Gasteiger partial charge is 0.335 e. The Balaban J connectivity index is 2.26. The molecule has 0 aliphatic heterocycles. The van der Waals surface area contributed by atoms with Crippen LogP contribution in [0.5, 0.6) is 5.75 Å². The highest BCUT2D eigenvalue weighted by atomic mass is 16.5. The van der Waals surface area contributed by atoms with Crippen LogP contribution in [0.25, 0.3) is 0 Å². The quantitative estimate of drug-likeness (QED) is 0.471. The van der Waals surface area contributed by atoms with Crippen LogP contribution in [0, 0.1) is 6.92 Å². The van der Waals surface area contributed by atoms with Crippen LogP contribution in [0.4, 0.5) is 0 Å². The molecule has 0 heterocycles. The molecule has 21 heavy (non-hydrogen) atoms. The second-order valence-electron chi connectivity index (χ2n) is 5.64. The van der Waals surface area contributed by atoms with Crippen LogP contribution in [-0.2, 0) is 10.2 Å². The summed E-state index contributed by atoms with van der Waals surface area (Å²) in [5.74, 6) is 0.0869. The van der Waals surface area contributed by atoms with E-state index in [0.717, 1.165) is 6.08 Å². The van der Waals surface area contributed by atoms with Crippen molar-refractivity contribution in [3.05, 3.63) is 77.9 Å². The Morgan fingerprint density at radius 3 is 1.95 bits per heavy atom. The number of esters is 1. The first-order valence-corrected chi connectivity index (χ1v) is 6.95. The van der Waals surface area contributed by atoms with Crippen molar-refractivity contribution in [3.63, 3.8) is 0 Å². The van der Waals surface area contributed by atoms with Crippen LogP contribution < -0.4 is 4.74 Å². The molecule has 108 valence electrons. The number of carbonyl (C=O) groups is 1. The first kappa shape index (κ1) is 15.0. The fourth-order valence-corrected chi connectivity index (χ4v) is 2.23. The number of carbonyl (C=O) groups excluding carboxylic acids is 1. The lowest BCUT2D eigenvalue weighted by Crippen LogP contribution is -2.18. The third-order valence-corrected chi connectivity index (χ3v) is 3.73. The van der Waals surface area contributed by atoms with Crippen molar-refractivity contribution in [2.24, 2.45) is 0 Å². The van der Waals surface area contributed by atoms with Gasteiger partial charge in [-0.3, -0.25) is 0 Å². The summed E-state index contributed by atoms with van der Waals surface area (Å²) < 4.78 is 5.10. The molecule has 0 atom stereocenters. The lowest BCUT2D eigenvalue weighted by Gasteiger charge is -2.26. The van der Waals surface area contributed by atoms with Gasteiger partial charge in [0.05, 0.1) is 0 Å². The van der Waals surface area contributed by atoms with Gasteiger partial charge in [0.2, 0.25) is 0 Å². The molecule has 0 saturated heterocycles. The molecule has 0 aliphatic carbocycles. The molecule has 0 saturated carbocycles. The molecule has 0 N–H and O–H groups in total. The first-order chi connectivity index (χ1) is 9.93. The fourth-order valence-electron chi connectivity index (χ4n) is 2.23. The molecule has 0 spiro atoms. The minimum absolute atomic E-state index is 0.103. The molecule has 0 aromatic heterocycles. The maximum absolute atomic E-state index is 11.2. The van der Waals surface area contributed by atoms with Crippen molar-refractivity contribution in [2.45, 2.75) is 26.2 Å². The summed E-state index contributed by atoms with van der Waals surface area (Å²) in [6.07, 6.45) is 1.16. The summed E-state index contributed by atoms with van der Waals surface area (Å²) in [5, 5.41) is 0. The summed E-state index contributed by atoms with van der Waals surface area (Å²) in [4.78, 5) is 11.2. The molecule has 2 nitrogen and oxygen atoms in total. The molecule has 0 unspecified atom stereocenters. The molecule has 0 amide bonds. The highest BCUT2D eigenvalue weighted by molar-refractivity contribution is 5.83. The number of aryl methyl sites for hydroxylation is 1. The molecule has 2 aromatic rings. The van der Waals surface area contributed by atoms with Crippen LogP contribution in [0.3, 0.4) is 0 Å². The van der Waals surface area contributed by atoms with Crippen LogP contribution in [0.2, 0.25) is 0 Å². The second kappa shape index (κ2) is 5.96. The topological polar surface area (TPSA) is 26.3 Å². The number of benzene rings is 2. The summed E-state index contributed by atoms with van der Waals surface area (Å²) in [5.41, 5.74) is 3.57. The average Bonchev–Trinajstić information content (AvgIpc) is 2.48. The highest BCUT2D eigenvalue weighted by Gasteiger charge is 2.22. The molecule has 2 rings (SSSR count). The molecule has 0 aliphatic rings. The van der Waals surface area contributed by atoms with E-state index in [0.29, 0.717) is 5.75 Å². The van der Waals surface area contributed by atoms with Crippen LogP contribution in [-0.4, -0.2) is 5.97 Å². The molecule has 2 aromatic carbocycles. The third-order valence-electron chi connectivity index (χ3n) is 3.73. The highest BCUT2D eigenvalue weighted by Crippen LogP contribution is 2.32. The van der Waals surface area contributed by atoms with Gasteiger partial charge in [-0.15, -0.1) is 0 Å². The van der Waals surface area contributed by atoms with E-state index in [1.807, 2.05) is 24.3 Å². The largest absolute Gasteiger partial charge is 0.423 e. The molecule has 0 fully saturated rings. The van der Waals surface area contributed by atoms with Gasteiger partial charge >= 0.3 is 5.97 Å². The molecular formula is C19H20O2. The lowest BCUT2D eigenvalue weighted by molar-refractivity contribution is -0.128. The van der Waals surface area contributed by atoms with E-state index in [4.69, 9.17) is 4.74 Å². The van der Waals surface area contributed by atoms with Crippen molar-refractivity contribution in [1.29, 1.82) is 0 Å². The normalized spacial score (nSPS) is 11.0. The third kappa shape index (κ3) is 3.40. The summed E-state index contributed by atoms with van der Waals surface area (Å²) in [6, 6.07) is 16.2. The summed E-state index contributed by atoms with van der Waals surface area (Å²) in [6.45, 7) is 9.83. The zero-order valence-electron chi connectivity index (χ0n) is 12.7. The van der Waals surface area contributed by atoms with E-state index in [1.165, 1.54) is 16.7 Å². The zero-order valence-corrected chi connectivity index (χ0v) is 12.7. The molecular weight excluding hydrogens is 260 g/mol. The Hall–Kier alpha value is -2.35. The number of hydrogen-bond donors (Lipinski definition) is 0. The van der Waals surface area contributed by atoms with Gasteiger partial charge in [-0.25, -0.2) is 4.79 Å². The molecule has 0 radical (unpaired) electrons. The fraction of sp³-hybridized carbons (Fsp3) is 0.211. The van der Waals surface area contributed by atoms with Crippen molar-refractivity contribution in [1.82, 2.24) is 0 Å². The van der Waals surface area contributed by atoms with Gasteiger partial charge in [0.15, 0.2) is 0 Å². The minimum Gasteiger partial charge on any atom is -0.423 e. The van der Waals surface area contributed by atoms with Gasteiger partial charge in [-0.05, 0) is 30.2 Å². The standard InChI is InChI=1S/C19H20O2/c1-5-18(20)21-17-12-10-16(11-13-17)19(3,4)15-8-6-14(2)7-9-15/h5-13H,1H2,2-4H3. The maximum Gasteiger partial charge on any atom is 0.335 e. The predicted octanol–water partition coefficient (Wildman–Crippen LogP) is 4.41. The van der Waals surface area contributed by atoms with E-state index >= 15 is 0 Å². The van der Waals surface area contributed by atoms with Crippen molar-refractivity contribution < 1.29 is 9.53 Å². The Bertz CT molecular complexity index is 634. The van der Waals surface area contributed by atoms with Crippen LogP contribution >= 0.6 is 0 Å². The Morgan fingerprint density at radius 2 is 1.48 bits per heavy atom. The van der Waals surface area contributed by atoms with Crippen LogP contribution in [0.15, 0.2) is 61.2 Å². The second-order valence-corrected chi connectivity index (χ2v) is 5.64. The lowest BCUT2D eigenvalue weighted by atomic mass is 9.78. The van der Waals surface area contributed by atoms with Crippen molar-refractivity contribution in [2.75, 3.05) is 0 Å². The van der Waals surface area contributed by atoms with E-state index in [-0.39, 0.29) is 5.41 Å². The number of ether oxygens (including phenoxy) is 1. The molecule has 2 heteroatoms. The Morgan fingerprint density at radius 1 is 1.00 bits per heavy atom. The minimum atomic E-state index is -0.444. The average molecular weight is 280 g/mol. The van der Waals surface area contributed by atoms with Crippen LogP contribution in [0.1, 0.15) is 30.5 Å². The van der Waals surface area contributed by atoms with E-state index in [9.17, 15) is 4.79 Å². The van der Waals surface area contributed by atoms with E-state index in [1.54, 1.807) is 0 Å². The predicted molar refractivity (Wildman–Crippen MR) is 85.6 cm³/mol. The zero-order chi connectivity index (χ0) is 15.5. The molecule has 0 bridgehead atoms. The van der Waals surface area contributed by atoms with Gasteiger partial charge in [0, 0.05) is 11.5 Å². The van der Waals surface area contributed by atoms with Gasteiger partial charge in [0.1, 0.15) is 5.75 Å². The maximum atomic E-state index is 11.2. The number of rotatable bonds is 4. The van der Waals surface area contributed by atoms with Crippen molar-refractivity contribution in [3.8, 4) is 5.75 Å². The van der Waals surface area contributed by atoms with E-state index < -0.39 is 5.97 Å². The summed E-state index contributed by atoms with van der Waals surface area (Å²) >= 11 is 0. The van der Waals surface area contributed by atoms with Gasteiger partial charge in [-0.1, -0.05) is 62.4 Å². The van der Waals surface area contributed by atoms with Gasteiger partial charge in [0.25, 0.3) is 0 Å². The monoisotopic (exact) mass is 280 g/mol. The van der Waals surface area contributed by atoms with E-state index in [2.05, 4.69) is 51.6 Å². The first-order valence-electron chi connectivity index (χ1n) is 6.95. The number of hydrogen-bond acceptors (Lipinski definition) is 2. The van der Waals surface area contributed by atoms with Gasteiger partial charge in [-0.2, -0.15) is 0 Å².